The fourth-order valence-electron chi connectivity index (χ4n) is 2.30. The smallest absolute Gasteiger partial charge is 0.189 e. The van der Waals surface area contributed by atoms with Crippen LogP contribution in [0.15, 0.2) is 23.2 Å². The number of hydrogen-bond donors (Lipinski definition) is 2. The molecule has 2 rings (SSSR count). The number of aromatic nitrogens is 1. The van der Waals surface area contributed by atoms with Gasteiger partial charge in [-0.2, -0.15) is 0 Å². The first kappa shape index (κ1) is 17.0. The molecule has 0 atom stereocenters. The molecule has 1 aromatic heterocycles. The maximum absolute atomic E-state index is 5.90. The first-order valence-corrected chi connectivity index (χ1v) is 6.85. The standard InChI is InChI=1S/C14H23N5.HI/c1-19(2)13-9-5-8-12(17-13)10-16-14(15)18-11-6-3-4-7-11;/h5,8-9,11H,3-4,6-7,10H2,1-2H3,(H3,15,16,18);1H. The average molecular weight is 389 g/mol. The first-order valence-electron chi connectivity index (χ1n) is 6.85. The van der Waals surface area contributed by atoms with E-state index in [-0.39, 0.29) is 24.0 Å². The summed E-state index contributed by atoms with van der Waals surface area (Å²) < 4.78 is 0. The van der Waals surface area contributed by atoms with Crippen LogP contribution in [0.3, 0.4) is 0 Å². The van der Waals surface area contributed by atoms with Gasteiger partial charge < -0.3 is 16.0 Å². The van der Waals surface area contributed by atoms with E-state index in [1.54, 1.807) is 0 Å². The van der Waals surface area contributed by atoms with E-state index in [4.69, 9.17) is 5.73 Å². The van der Waals surface area contributed by atoms with Gasteiger partial charge in [-0.15, -0.1) is 24.0 Å². The number of aliphatic imine (C=N–C) groups is 1. The van der Waals surface area contributed by atoms with Crippen molar-refractivity contribution in [2.45, 2.75) is 38.3 Å². The molecule has 0 unspecified atom stereocenters. The van der Waals surface area contributed by atoms with Crippen LogP contribution in [-0.2, 0) is 6.54 Å². The molecule has 0 aliphatic heterocycles. The summed E-state index contributed by atoms with van der Waals surface area (Å²) >= 11 is 0. The number of guanidine groups is 1. The van der Waals surface area contributed by atoms with Crippen LogP contribution in [0.25, 0.3) is 0 Å². The number of rotatable bonds is 4. The lowest BCUT2D eigenvalue weighted by Gasteiger charge is -2.13. The van der Waals surface area contributed by atoms with Crippen LogP contribution in [0.4, 0.5) is 5.82 Å². The second kappa shape index (κ2) is 8.28. The molecule has 112 valence electrons. The molecule has 1 aromatic rings. The lowest BCUT2D eigenvalue weighted by molar-refractivity contribution is 0.625. The summed E-state index contributed by atoms with van der Waals surface area (Å²) in [5.74, 6) is 1.47. The van der Waals surface area contributed by atoms with Crippen LogP contribution in [0.1, 0.15) is 31.4 Å². The van der Waals surface area contributed by atoms with Crippen molar-refractivity contribution in [1.82, 2.24) is 10.3 Å². The fraction of sp³-hybridized carbons (Fsp3) is 0.571. The van der Waals surface area contributed by atoms with Gasteiger partial charge in [0, 0.05) is 20.1 Å². The molecule has 1 fully saturated rings. The van der Waals surface area contributed by atoms with Crippen LogP contribution in [-0.4, -0.2) is 31.1 Å². The molecule has 5 nitrogen and oxygen atoms in total. The van der Waals surface area contributed by atoms with Crippen molar-refractivity contribution in [3.05, 3.63) is 23.9 Å². The molecule has 0 amide bonds. The van der Waals surface area contributed by atoms with Gasteiger partial charge in [0.1, 0.15) is 5.82 Å². The van der Waals surface area contributed by atoms with E-state index in [2.05, 4.69) is 15.3 Å². The number of halogens is 1. The fourth-order valence-corrected chi connectivity index (χ4v) is 2.30. The number of anilines is 1. The largest absolute Gasteiger partial charge is 0.370 e. The molecule has 3 N–H and O–H groups in total. The van der Waals surface area contributed by atoms with E-state index in [0.29, 0.717) is 18.5 Å². The van der Waals surface area contributed by atoms with Gasteiger partial charge >= 0.3 is 0 Å². The highest BCUT2D eigenvalue weighted by molar-refractivity contribution is 14.0. The van der Waals surface area contributed by atoms with E-state index in [9.17, 15) is 0 Å². The zero-order valence-electron chi connectivity index (χ0n) is 12.2. The summed E-state index contributed by atoms with van der Waals surface area (Å²) in [4.78, 5) is 10.9. The van der Waals surface area contributed by atoms with Crippen LogP contribution >= 0.6 is 24.0 Å². The van der Waals surface area contributed by atoms with Gasteiger partial charge in [0.15, 0.2) is 5.96 Å². The van der Waals surface area contributed by atoms with Gasteiger partial charge in [-0.3, -0.25) is 0 Å². The van der Waals surface area contributed by atoms with Gasteiger partial charge in [-0.05, 0) is 25.0 Å². The second-order valence-electron chi connectivity index (χ2n) is 5.21. The Morgan fingerprint density at radius 2 is 2.10 bits per heavy atom. The Morgan fingerprint density at radius 3 is 2.75 bits per heavy atom. The summed E-state index contributed by atoms with van der Waals surface area (Å²) in [5, 5.41) is 3.28. The Morgan fingerprint density at radius 1 is 1.40 bits per heavy atom. The molecular weight excluding hydrogens is 365 g/mol. The third kappa shape index (κ3) is 5.15. The van der Waals surface area contributed by atoms with Gasteiger partial charge in [0.25, 0.3) is 0 Å². The third-order valence-electron chi connectivity index (χ3n) is 3.37. The minimum Gasteiger partial charge on any atom is -0.370 e. The van der Waals surface area contributed by atoms with Crippen LogP contribution in [0.2, 0.25) is 0 Å². The zero-order valence-corrected chi connectivity index (χ0v) is 14.5. The molecule has 6 heteroatoms. The van der Waals surface area contributed by atoms with E-state index in [0.717, 1.165) is 11.5 Å². The molecule has 0 saturated heterocycles. The maximum atomic E-state index is 5.90. The number of hydrogen-bond acceptors (Lipinski definition) is 3. The summed E-state index contributed by atoms with van der Waals surface area (Å²) in [6.07, 6.45) is 4.98. The Hall–Kier alpha value is -1.05. The highest BCUT2D eigenvalue weighted by Crippen LogP contribution is 2.17. The van der Waals surface area contributed by atoms with Crippen molar-refractivity contribution >= 4 is 35.8 Å². The molecule has 0 radical (unpaired) electrons. The number of nitrogens with one attached hydrogen (secondary N) is 1. The van der Waals surface area contributed by atoms with Gasteiger partial charge in [-0.25, -0.2) is 9.98 Å². The molecule has 0 bridgehead atoms. The lowest BCUT2D eigenvalue weighted by Crippen LogP contribution is -2.38. The minimum absolute atomic E-state index is 0. The monoisotopic (exact) mass is 389 g/mol. The molecule has 0 spiro atoms. The normalized spacial score (nSPS) is 15.8. The van der Waals surface area contributed by atoms with Crippen LogP contribution in [0, 0.1) is 0 Å². The van der Waals surface area contributed by atoms with Gasteiger partial charge in [-0.1, -0.05) is 18.9 Å². The van der Waals surface area contributed by atoms with Crippen LogP contribution in [0.5, 0.6) is 0 Å². The van der Waals surface area contributed by atoms with Crippen molar-refractivity contribution in [1.29, 1.82) is 0 Å². The second-order valence-corrected chi connectivity index (χ2v) is 5.21. The molecule has 1 heterocycles. The predicted octanol–water partition coefficient (Wildman–Crippen LogP) is 2.11. The van der Waals surface area contributed by atoms with Crippen LogP contribution < -0.4 is 16.0 Å². The zero-order chi connectivity index (χ0) is 13.7. The topological polar surface area (TPSA) is 66.5 Å². The Labute approximate surface area is 138 Å². The minimum atomic E-state index is 0. The molecule has 0 aromatic carbocycles. The molecule has 1 aliphatic rings. The van der Waals surface area contributed by atoms with E-state index >= 15 is 0 Å². The van der Waals surface area contributed by atoms with Gasteiger partial charge in [0.2, 0.25) is 0 Å². The highest BCUT2D eigenvalue weighted by atomic mass is 127. The van der Waals surface area contributed by atoms with Crippen molar-refractivity contribution in [3.63, 3.8) is 0 Å². The summed E-state index contributed by atoms with van der Waals surface area (Å²) in [6, 6.07) is 6.45. The summed E-state index contributed by atoms with van der Waals surface area (Å²) in [7, 11) is 3.96. The lowest BCUT2D eigenvalue weighted by atomic mass is 10.2. The Kier molecular flexibility index (Phi) is 7.04. The number of pyridine rings is 1. The highest BCUT2D eigenvalue weighted by Gasteiger charge is 2.14. The average Bonchev–Trinajstić information content (AvgIpc) is 2.89. The molecular formula is C14H24IN5. The molecule has 1 saturated carbocycles. The molecule has 20 heavy (non-hydrogen) atoms. The summed E-state index contributed by atoms with van der Waals surface area (Å²) in [5.41, 5.74) is 6.83. The van der Waals surface area contributed by atoms with Crippen molar-refractivity contribution in [2.75, 3.05) is 19.0 Å². The van der Waals surface area contributed by atoms with Gasteiger partial charge in [0.05, 0.1) is 12.2 Å². The SMILES string of the molecule is CN(C)c1cccc(CN=C(N)NC2CCCC2)n1.I. The predicted molar refractivity (Wildman–Crippen MR) is 94.7 cm³/mol. The van der Waals surface area contributed by atoms with Crippen molar-refractivity contribution < 1.29 is 0 Å². The maximum Gasteiger partial charge on any atom is 0.189 e. The molecule has 1 aliphatic carbocycles. The summed E-state index contributed by atoms with van der Waals surface area (Å²) in [6.45, 7) is 0.521. The Bertz CT molecular complexity index is 441. The van der Waals surface area contributed by atoms with E-state index < -0.39 is 0 Å². The first-order chi connectivity index (χ1) is 9.15. The van der Waals surface area contributed by atoms with Crippen molar-refractivity contribution in [2.24, 2.45) is 10.7 Å². The van der Waals surface area contributed by atoms with Crippen molar-refractivity contribution in [3.8, 4) is 0 Å². The third-order valence-corrected chi connectivity index (χ3v) is 3.37. The number of nitrogens with zero attached hydrogens (tertiary/aromatic N) is 3. The number of nitrogens with two attached hydrogens (primary N) is 1. The quantitative estimate of drug-likeness (QED) is 0.470. The Balaban J connectivity index is 0.00000200. The van der Waals surface area contributed by atoms with E-state index in [1.165, 1.54) is 25.7 Å². The van der Waals surface area contributed by atoms with E-state index in [1.807, 2.05) is 37.2 Å².